The lowest BCUT2D eigenvalue weighted by Crippen LogP contribution is -2.08. The number of fused-ring (bicyclic) bond motifs is 1. The molecule has 0 aliphatic carbocycles. The van der Waals surface area contributed by atoms with Gasteiger partial charge in [0.15, 0.2) is 16.7 Å². The van der Waals surface area contributed by atoms with E-state index in [1.54, 1.807) is 24.9 Å². The molecule has 0 aliphatic heterocycles. The largest absolute Gasteiger partial charge is 0.493 e. The summed E-state index contributed by atoms with van der Waals surface area (Å²) in [6, 6.07) is 13.1. The van der Waals surface area contributed by atoms with Gasteiger partial charge in [-0.25, -0.2) is 4.98 Å². The second-order valence-corrected chi connectivity index (χ2v) is 5.98. The summed E-state index contributed by atoms with van der Waals surface area (Å²) in [5.74, 6) is 1.12. The van der Waals surface area contributed by atoms with Gasteiger partial charge in [-0.05, 0) is 42.2 Å². The van der Waals surface area contributed by atoms with Gasteiger partial charge >= 0.3 is 0 Å². The molecular formula is C19H18N2O3S. The van der Waals surface area contributed by atoms with Crippen LogP contribution in [-0.4, -0.2) is 35.9 Å². The summed E-state index contributed by atoms with van der Waals surface area (Å²) in [5, 5.41) is 0.670. The Labute approximate surface area is 150 Å². The molecule has 25 heavy (non-hydrogen) atoms. The summed E-state index contributed by atoms with van der Waals surface area (Å²) < 4.78 is 12.1. The average Bonchev–Trinajstić information content (AvgIpc) is 3.04. The number of hydrogen-bond donors (Lipinski definition) is 0. The van der Waals surface area contributed by atoms with Crippen LogP contribution in [0.2, 0.25) is 0 Å². The van der Waals surface area contributed by atoms with Crippen molar-refractivity contribution in [3.63, 3.8) is 0 Å². The standard InChI is InChI=1S/C19H18N2O3S/c1-23-16-10-8-13(12-17(16)24-2)9-11-18(22)21-15-7-5-4-6-14(15)20-19(21)25-3/h4-12H,1-3H3. The Morgan fingerprint density at radius 1 is 1.12 bits per heavy atom. The van der Waals surface area contributed by atoms with E-state index in [4.69, 9.17) is 9.47 Å². The summed E-state index contributed by atoms with van der Waals surface area (Å²) in [6.07, 6.45) is 5.20. The smallest absolute Gasteiger partial charge is 0.257 e. The fourth-order valence-corrected chi connectivity index (χ4v) is 3.11. The van der Waals surface area contributed by atoms with Crippen molar-refractivity contribution in [2.45, 2.75) is 5.16 Å². The topological polar surface area (TPSA) is 53.4 Å². The number of aromatic nitrogens is 2. The molecule has 0 N–H and O–H groups in total. The van der Waals surface area contributed by atoms with Gasteiger partial charge in [-0.3, -0.25) is 9.36 Å². The zero-order valence-corrected chi connectivity index (χ0v) is 15.0. The van der Waals surface area contributed by atoms with Crippen LogP contribution in [0.4, 0.5) is 0 Å². The highest BCUT2D eigenvalue weighted by Gasteiger charge is 2.14. The predicted octanol–water partition coefficient (Wildman–Crippen LogP) is 4.13. The number of benzene rings is 2. The first-order valence-electron chi connectivity index (χ1n) is 7.64. The van der Waals surface area contributed by atoms with E-state index in [-0.39, 0.29) is 5.91 Å². The van der Waals surface area contributed by atoms with E-state index < -0.39 is 0 Å². The van der Waals surface area contributed by atoms with Gasteiger partial charge < -0.3 is 9.47 Å². The van der Waals surface area contributed by atoms with Crippen LogP contribution < -0.4 is 9.47 Å². The number of imidazole rings is 1. The van der Waals surface area contributed by atoms with Crippen LogP contribution in [-0.2, 0) is 0 Å². The molecule has 3 rings (SSSR count). The van der Waals surface area contributed by atoms with Crippen molar-refractivity contribution in [2.75, 3.05) is 20.5 Å². The summed E-state index contributed by atoms with van der Waals surface area (Å²) in [7, 11) is 3.17. The van der Waals surface area contributed by atoms with E-state index in [1.807, 2.05) is 48.7 Å². The molecule has 3 aromatic rings. The normalized spacial score (nSPS) is 11.2. The number of thioether (sulfide) groups is 1. The van der Waals surface area contributed by atoms with Crippen LogP contribution in [0.3, 0.4) is 0 Å². The van der Waals surface area contributed by atoms with Gasteiger partial charge in [-0.2, -0.15) is 0 Å². The minimum atomic E-state index is -0.146. The lowest BCUT2D eigenvalue weighted by atomic mass is 10.2. The number of hydrogen-bond acceptors (Lipinski definition) is 5. The van der Waals surface area contributed by atoms with E-state index in [0.29, 0.717) is 16.7 Å². The Bertz CT molecular complexity index is 947. The molecule has 128 valence electrons. The molecule has 0 saturated carbocycles. The number of rotatable bonds is 5. The van der Waals surface area contributed by atoms with Crippen LogP contribution in [0.15, 0.2) is 53.7 Å². The van der Waals surface area contributed by atoms with E-state index in [1.165, 1.54) is 17.8 Å². The van der Waals surface area contributed by atoms with Crippen LogP contribution in [0.1, 0.15) is 10.4 Å². The molecule has 1 aromatic heterocycles. The molecule has 0 fully saturated rings. The molecule has 0 unspecified atom stereocenters. The van der Waals surface area contributed by atoms with Crippen LogP contribution in [0, 0.1) is 0 Å². The van der Waals surface area contributed by atoms with Crippen molar-refractivity contribution >= 4 is 34.8 Å². The molecule has 0 bridgehead atoms. The maximum atomic E-state index is 12.7. The summed E-state index contributed by atoms with van der Waals surface area (Å²) in [6.45, 7) is 0. The average molecular weight is 354 g/mol. The van der Waals surface area contributed by atoms with E-state index in [2.05, 4.69) is 4.98 Å². The van der Waals surface area contributed by atoms with Gasteiger partial charge in [0.2, 0.25) is 0 Å². The monoisotopic (exact) mass is 354 g/mol. The van der Waals surface area contributed by atoms with Crippen molar-refractivity contribution in [3.8, 4) is 11.5 Å². The molecule has 0 saturated heterocycles. The fourth-order valence-electron chi connectivity index (χ4n) is 2.55. The minimum Gasteiger partial charge on any atom is -0.493 e. The SMILES string of the molecule is COc1ccc(C=CC(=O)n2c(SC)nc3ccccc32)cc1OC. The third-order valence-corrected chi connectivity index (χ3v) is 4.40. The summed E-state index contributed by atoms with van der Waals surface area (Å²) in [4.78, 5) is 17.2. The molecule has 0 amide bonds. The number of allylic oxidation sites excluding steroid dienone is 1. The molecule has 6 heteroatoms. The quantitative estimate of drug-likeness (QED) is 0.509. The van der Waals surface area contributed by atoms with Gasteiger partial charge in [-0.15, -0.1) is 0 Å². The molecule has 2 aromatic carbocycles. The fraction of sp³-hybridized carbons (Fsp3) is 0.158. The number of methoxy groups -OCH3 is 2. The van der Waals surface area contributed by atoms with Crippen LogP contribution in [0.25, 0.3) is 17.1 Å². The van der Waals surface area contributed by atoms with Crippen molar-refractivity contribution < 1.29 is 14.3 Å². The zero-order valence-electron chi connectivity index (χ0n) is 14.2. The Kier molecular flexibility index (Phi) is 5.09. The molecule has 1 heterocycles. The van der Waals surface area contributed by atoms with Gasteiger partial charge in [0.1, 0.15) is 0 Å². The van der Waals surface area contributed by atoms with E-state index in [0.717, 1.165) is 16.6 Å². The third kappa shape index (κ3) is 3.39. The first-order chi connectivity index (χ1) is 12.2. The number of carbonyl (C=O) groups excluding carboxylic acids is 1. The summed E-state index contributed by atoms with van der Waals surface area (Å²) in [5.41, 5.74) is 2.45. The number of para-hydroxylation sites is 2. The molecule has 0 aliphatic rings. The zero-order chi connectivity index (χ0) is 17.8. The number of nitrogens with zero attached hydrogens (tertiary/aromatic N) is 2. The molecule has 0 spiro atoms. The van der Waals surface area contributed by atoms with Crippen molar-refractivity contribution in [1.82, 2.24) is 9.55 Å². The molecule has 5 nitrogen and oxygen atoms in total. The third-order valence-electron chi connectivity index (χ3n) is 3.76. The van der Waals surface area contributed by atoms with Crippen LogP contribution in [0.5, 0.6) is 11.5 Å². The maximum Gasteiger partial charge on any atom is 0.257 e. The Balaban J connectivity index is 1.94. The van der Waals surface area contributed by atoms with Gasteiger partial charge in [0, 0.05) is 6.08 Å². The maximum absolute atomic E-state index is 12.7. The predicted molar refractivity (Wildman–Crippen MR) is 101 cm³/mol. The number of carbonyl (C=O) groups is 1. The van der Waals surface area contributed by atoms with E-state index in [9.17, 15) is 4.79 Å². The lowest BCUT2D eigenvalue weighted by Gasteiger charge is -2.07. The van der Waals surface area contributed by atoms with E-state index >= 15 is 0 Å². The first-order valence-corrected chi connectivity index (χ1v) is 8.86. The highest BCUT2D eigenvalue weighted by Crippen LogP contribution is 2.28. The lowest BCUT2D eigenvalue weighted by molar-refractivity contribution is 0.0965. The molecule has 0 atom stereocenters. The second-order valence-electron chi connectivity index (χ2n) is 5.21. The number of ether oxygens (including phenoxy) is 2. The van der Waals surface area contributed by atoms with Gasteiger partial charge in [-0.1, -0.05) is 30.0 Å². The van der Waals surface area contributed by atoms with Crippen molar-refractivity contribution in [3.05, 3.63) is 54.1 Å². The highest BCUT2D eigenvalue weighted by atomic mass is 32.2. The van der Waals surface area contributed by atoms with Crippen molar-refractivity contribution in [1.29, 1.82) is 0 Å². The minimum absolute atomic E-state index is 0.146. The second kappa shape index (κ2) is 7.44. The Morgan fingerprint density at radius 3 is 2.60 bits per heavy atom. The Hall–Kier alpha value is -2.73. The summed E-state index contributed by atoms with van der Waals surface area (Å²) >= 11 is 1.44. The molecular weight excluding hydrogens is 336 g/mol. The first kappa shape index (κ1) is 17.1. The van der Waals surface area contributed by atoms with Gasteiger partial charge in [0.25, 0.3) is 5.91 Å². The van der Waals surface area contributed by atoms with Crippen molar-refractivity contribution in [2.24, 2.45) is 0 Å². The van der Waals surface area contributed by atoms with Crippen LogP contribution >= 0.6 is 11.8 Å². The highest BCUT2D eigenvalue weighted by molar-refractivity contribution is 7.98. The Morgan fingerprint density at radius 2 is 1.88 bits per heavy atom. The van der Waals surface area contributed by atoms with Gasteiger partial charge in [0.05, 0.1) is 25.3 Å². The molecule has 0 radical (unpaired) electrons.